The second-order valence-corrected chi connectivity index (χ2v) is 14.2. The maximum absolute atomic E-state index is 12.5. The molecule has 4 rings (SSSR count). The third-order valence-electron chi connectivity index (χ3n) is 5.85. The fourth-order valence-electron chi connectivity index (χ4n) is 4.21. The average molecular weight is 680 g/mol. The highest BCUT2D eigenvalue weighted by molar-refractivity contribution is 7.86. The highest BCUT2D eigenvalue weighted by Crippen LogP contribution is 2.51. The molecule has 0 amide bonds. The Morgan fingerprint density at radius 3 is 1.82 bits per heavy atom. The molecule has 16 heteroatoms. The predicted molar refractivity (Wildman–Crippen MR) is 165 cm³/mol. The predicted octanol–water partition coefficient (Wildman–Crippen LogP) is 4.03. The van der Waals surface area contributed by atoms with Crippen LogP contribution in [0.5, 0.6) is 34.5 Å². The zero-order valence-electron chi connectivity index (χ0n) is 24.7. The molecular weight excluding hydrogens is 651 g/mol. The van der Waals surface area contributed by atoms with Crippen LogP contribution in [0.4, 0.5) is 0 Å². The number of methoxy groups -OCH3 is 2. The van der Waals surface area contributed by atoms with E-state index in [2.05, 4.69) is 4.98 Å². The van der Waals surface area contributed by atoms with E-state index in [1.807, 2.05) is 0 Å². The molecule has 1 aromatic heterocycles. The second-order valence-electron chi connectivity index (χ2n) is 9.52. The molecular formula is C29H29NO12S3. The third kappa shape index (κ3) is 8.99. The SMILES string of the molecule is COc1cc(-c2ccc(OS(C)(=O)=O)cc2)c(OC)c(OS(C)(=O)=O)c1-c1ccc(OCc2ccccn2)c(OS(C)(=O)=O)c1. The largest absolute Gasteiger partial charge is 0.496 e. The molecule has 0 spiro atoms. The summed E-state index contributed by atoms with van der Waals surface area (Å²) in [4.78, 5) is 4.18. The molecule has 0 atom stereocenters. The Balaban J connectivity index is 1.91. The number of pyridine rings is 1. The normalized spacial score (nSPS) is 11.8. The Morgan fingerprint density at radius 2 is 1.27 bits per heavy atom. The third-order valence-corrected chi connectivity index (χ3v) is 7.29. The number of rotatable bonds is 13. The first-order valence-corrected chi connectivity index (χ1v) is 18.3. The number of hydrogen-bond acceptors (Lipinski definition) is 13. The van der Waals surface area contributed by atoms with Gasteiger partial charge in [-0.1, -0.05) is 24.3 Å². The average Bonchev–Trinajstić information content (AvgIpc) is 2.94. The highest BCUT2D eigenvalue weighted by Gasteiger charge is 2.27. The highest BCUT2D eigenvalue weighted by atomic mass is 32.2. The molecule has 0 radical (unpaired) electrons. The van der Waals surface area contributed by atoms with Crippen LogP contribution < -0.4 is 26.8 Å². The topological polar surface area (TPSA) is 171 Å². The minimum atomic E-state index is -4.16. The van der Waals surface area contributed by atoms with Crippen LogP contribution in [-0.4, -0.2) is 63.2 Å². The molecule has 1 heterocycles. The van der Waals surface area contributed by atoms with Gasteiger partial charge in [-0.2, -0.15) is 25.3 Å². The van der Waals surface area contributed by atoms with E-state index < -0.39 is 30.4 Å². The number of hydrogen-bond donors (Lipinski definition) is 0. The van der Waals surface area contributed by atoms with Gasteiger partial charge in [-0.3, -0.25) is 4.98 Å². The summed E-state index contributed by atoms with van der Waals surface area (Å²) in [6, 6.07) is 17.0. The maximum atomic E-state index is 12.5. The van der Waals surface area contributed by atoms with E-state index >= 15 is 0 Å². The Hall–Kier alpha value is -4.54. The summed E-state index contributed by atoms with van der Waals surface area (Å²) in [5.74, 6) is -0.233. The molecule has 3 aromatic carbocycles. The Labute approximate surface area is 261 Å². The Kier molecular flexibility index (Phi) is 9.79. The first-order valence-electron chi connectivity index (χ1n) is 12.8. The fraction of sp³-hybridized carbons (Fsp3) is 0.207. The van der Waals surface area contributed by atoms with Gasteiger partial charge in [0.2, 0.25) is 0 Å². The van der Waals surface area contributed by atoms with Gasteiger partial charge in [-0.15, -0.1) is 0 Å². The Morgan fingerprint density at radius 1 is 0.622 bits per heavy atom. The number of ether oxygens (including phenoxy) is 3. The van der Waals surface area contributed by atoms with Gasteiger partial charge in [-0.25, -0.2) is 0 Å². The van der Waals surface area contributed by atoms with Gasteiger partial charge in [0.15, 0.2) is 23.0 Å². The van der Waals surface area contributed by atoms with E-state index in [9.17, 15) is 25.3 Å². The van der Waals surface area contributed by atoms with Crippen LogP contribution in [0.1, 0.15) is 5.69 Å². The fourth-order valence-corrected chi connectivity index (χ4v) is 5.59. The van der Waals surface area contributed by atoms with E-state index in [0.29, 0.717) is 16.8 Å². The van der Waals surface area contributed by atoms with Crippen LogP contribution >= 0.6 is 0 Å². The molecule has 0 aliphatic rings. The van der Waals surface area contributed by atoms with Crippen molar-refractivity contribution in [1.82, 2.24) is 4.98 Å². The quantitative estimate of drug-likeness (QED) is 0.186. The zero-order chi connectivity index (χ0) is 33.0. The van der Waals surface area contributed by atoms with Crippen molar-refractivity contribution in [3.63, 3.8) is 0 Å². The van der Waals surface area contributed by atoms with Crippen molar-refractivity contribution in [2.45, 2.75) is 6.61 Å². The first-order chi connectivity index (χ1) is 21.1. The molecule has 0 fully saturated rings. The Bertz CT molecular complexity index is 2010. The molecule has 0 N–H and O–H groups in total. The van der Waals surface area contributed by atoms with Crippen molar-refractivity contribution >= 4 is 30.4 Å². The molecule has 13 nitrogen and oxygen atoms in total. The standard InChI is InChI=1S/C29H29NO12S3/c1-37-26-17-23(19-9-12-22(13-10-19)40-43(3,31)32)28(38-2)29(42-45(5,35)36)27(26)20-11-14-24(25(16-20)41-44(4,33)34)39-18-21-8-6-7-15-30-21/h6-17H,18H2,1-5H3. The number of aromatic nitrogens is 1. The molecule has 240 valence electrons. The number of nitrogens with zero attached hydrogens (tertiary/aromatic N) is 1. The van der Waals surface area contributed by atoms with E-state index in [4.69, 9.17) is 26.8 Å². The summed E-state index contributed by atoms with van der Waals surface area (Å²) < 4.78 is 105. The molecule has 0 saturated carbocycles. The van der Waals surface area contributed by atoms with E-state index in [1.165, 1.54) is 56.7 Å². The van der Waals surface area contributed by atoms with Crippen LogP contribution in [0, 0.1) is 0 Å². The van der Waals surface area contributed by atoms with Gasteiger partial charge in [0.1, 0.15) is 18.1 Å². The smallest absolute Gasteiger partial charge is 0.306 e. The van der Waals surface area contributed by atoms with Crippen molar-refractivity contribution in [2.75, 3.05) is 33.0 Å². The summed E-state index contributed by atoms with van der Waals surface area (Å²) in [6.07, 6.45) is 4.21. The van der Waals surface area contributed by atoms with Crippen LogP contribution in [-0.2, 0) is 37.0 Å². The van der Waals surface area contributed by atoms with E-state index in [-0.39, 0.29) is 52.2 Å². The molecule has 0 bridgehead atoms. The van der Waals surface area contributed by atoms with Gasteiger partial charge >= 0.3 is 30.4 Å². The summed E-state index contributed by atoms with van der Waals surface area (Å²) in [5.41, 5.74) is 1.70. The van der Waals surface area contributed by atoms with Crippen molar-refractivity contribution in [2.24, 2.45) is 0 Å². The zero-order valence-corrected chi connectivity index (χ0v) is 27.2. The van der Waals surface area contributed by atoms with Crippen molar-refractivity contribution in [3.05, 3.63) is 78.6 Å². The molecule has 0 aliphatic heterocycles. The van der Waals surface area contributed by atoms with Crippen LogP contribution in [0.2, 0.25) is 0 Å². The first kappa shape index (κ1) is 33.4. The van der Waals surface area contributed by atoms with Gasteiger partial charge in [0.25, 0.3) is 0 Å². The molecule has 0 saturated heterocycles. The lowest BCUT2D eigenvalue weighted by atomic mass is 9.96. The van der Waals surface area contributed by atoms with Crippen molar-refractivity contribution < 1.29 is 52.0 Å². The second kappa shape index (κ2) is 13.2. The lowest BCUT2D eigenvalue weighted by molar-refractivity contribution is 0.292. The molecule has 0 unspecified atom stereocenters. The number of benzene rings is 3. The molecule has 45 heavy (non-hydrogen) atoms. The van der Waals surface area contributed by atoms with E-state index in [1.54, 1.807) is 30.5 Å². The van der Waals surface area contributed by atoms with Gasteiger partial charge in [0.05, 0.1) is 44.2 Å². The summed E-state index contributed by atoms with van der Waals surface area (Å²) in [5, 5.41) is 0. The van der Waals surface area contributed by atoms with Gasteiger partial charge < -0.3 is 26.8 Å². The minimum Gasteiger partial charge on any atom is -0.496 e. The van der Waals surface area contributed by atoms with Gasteiger partial charge in [-0.05, 0) is 53.6 Å². The maximum Gasteiger partial charge on any atom is 0.306 e. The van der Waals surface area contributed by atoms with E-state index in [0.717, 1.165) is 18.8 Å². The van der Waals surface area contributed by atoms with Crippen molar-refractivity contribution in [1.29, 1.82) is 0 Å². The van der Waals surface area contributed by atoms with Crippen LogP contribution in [0.25, 0.3) is 22.3 Å². The lowest BCUT2D eigenvalue weighted by Gasteiger charge is -2.21. The van der Waals surface area contributed by atoms with Crippen LogP contribution in [0.15, 0.2) is 72.9 Å². The van der Waals surface area contributed by atoms with Crippen LogP contribution in [0.3, 0.4) is 0 Å². The molecule has 4 aromatic rings. The monoisotopic (exact) mass is 679 g/mol. The summed E-state index contributed by atoms with van der Waals surface area (Å²) in [6.45, 7) is 0.00258. The lowest BCUT2D eigenvalue weighted by Crippen LogP contribution is -2.10. The minimum absolute atomic E-state index is 0.00258. The van der Waals surface area contributed by atoms with Gasteiger partial charge in [0, 0.05) is 11.8 Å². The summed E-state index contributed by atoms with van der Waals surface area (Å²) in [7, 11) is -9.31. The molecule has 0 aliphatic carbocycles. The summed E-state index contributed by atoms with van der Waals surface area (Å²) >= 11 is 0. The van der Waals surface area contributed by atoms with Crippen molar-refractivity contribution in [3.8, 4) is 56.8 Å².